The van der Waals surface area contributed by atoms with Gasteiger partial charge in [0.05, 0.1) is 6.20 Å². The van der Waals surface area contributed by atoms with Gasteiger partial charge >= 0.3 is 17.8 Å². The molecular weight excluding hydrogens is 194 g/mol. The highest BCUT2D eigenvalue weighted by Gasteiger charge is 2.17. The number of aromatic carboxylic acids is 1. The molecule has 0 atom stereocenters. The van der Waals surface area contributed by atoms with Crippen LogP contribution in [0.1, 0.15) is 10.4 Å². The second-order valence-corrected chi connectivity index (χ2v) is 2.22. The zero-order chi connectivity index (χ0) is 10.7. The monoisotopic (exact) mass is 199 g/mol. The maximum Gasteiger partial charge on any atom is 0.394 e. The largest absolute Gasteiger partial charge is 0.477 e. The number of aliphatic carboxylic acids is 1. The van der Waals surface area contributed by atoms with Gasteiger partial charge in [0.2, 0.25) is 0 Å². The lowest BCUT2D eigenvalue weighted by atomic mass is 10.3. The Hall–Kier alpha value is -2.38. The number of H-pyrrole nitrogens is 1. The molecule has 0 aliphatic rings. The van der Waals surface area contributed by atoms with Crippen molar-refractivity contribution >= 4 is 23.7 Å². The van der Waals surface area contributed by atoms with Crippen molar-refractivity contribution in [3.8, 4) is 0 Å². The summed E-state index contributed by atoms with van der Waals surface area (Å²) in [5, 5.41) is 24.1. The Labute approximate surface area is 76.5 Å². The average molecular weight is 199 g/mol. The van der Waals surface area contributed by atoms with Crippen molar-refractivity contribution in [1.29, 1.82) is 0 Å². The fraction of sp³-hybridized carbons (Fsp3) is 0. The molecule has 0 aliphatic heterocycles. The zero-order valence-electron chi connectivity index (χ0n) is 6.64. The molecule has 1 aromatic rings. The molecule has 8 heteroatoms. The van der Waals surface area contributed by atoms with Gasteiger partial charge in [0.15, 0.2) is 0 Å². The molecule has 1 heterocycles. The maximum absolute atomic E-state index is 10.6. The second-order valence-electron chi connectivity index (χ2n) is 2.22. The van der Waals surface area contributed by atoms with E-state index >= 15 is 0 Å². The first-order valence-electron chi connectivity index (χ1n) is 3.33. The van der Waals surface area contributed by atoms with Gasteiger partial charge < -0.3 is 15.5 Å². The Morgan fingerprint density at radius 1 is 1.36 bits per heavy atom. The fourth-order valence-corrected chi connectivity index (χ4v) is 0.711. The number of nitrogens with one attached hydrogen (secondary N) is 2. The highest BCUT2D eigenvalue weighted by molar-refractivity contribution is 6.36. The first-order valence-corrected chi connectivity index (χ1v) is 3.33. The number of nitrogens with zero attached hydrogens (tertiary/aromatic N) is 1. The molecule has 0 spiro atoms. The van der Waals surface area contributed by atoms with E-state index in [9.17, 15) is 14.4 Å². The van der Waals surface area contributed by atoms with Crippen LogP contribution in [-0.4, -0.2) is 38.3 Å². The lowest BCUT2D eigenvalue weighted by molar-refractivity contribution is -0.147. The minimum absolute atomic E-state index is 0.259. The van der Waals surface area contributed by atoms with Gasteiger partial charge in [-0.2, -0.15) is 5.10 Å². The van der Waals surface area contributed by atoms with Crippen molar-refractivity contribution in [3.05, 3.63) is 11.8 Å². The van der Waals surface area contributed by atoms with Crippen LogP contribution in [0.15, 0.2) is 6.20 Å². The summed E-state index contributed by atoms with van der Waals surface area (Å²) in [6, 6.07) is 0. The highest BCUT2D eigenvalue weighted by Crippen LogP contribution is 2.09. The minimum Gasteiger partial charge on any atom is -0.477 e. The van der Waals surface area contributed by atoms with Gasteiger partial charge in [0.25, 0.3) is 0 Å². The molecule has 1 aromatic heterocycles. The number of carbonyl (C=O) groups is 3. The van der Waals surface area contributed by atoms with Gasteiger partial charge in [-0.3, -0.25) is 9.89 Å². The maximum atomic E-state index is 10.6. The lowest BCUT2D eigenvalue weighted by Crippen LogP contribution is -2.23. The molecule has 14 heavy (non-hydrogen) atoms. The average Bonchev–Trinajstić information content (AvgIpc) is 2.52. The van der Waals surface area contributed by atoms with Crippen LogP contribution in [0.2, 0.25) is 0 Å². The van der Waals surface area contributed by atoms with Crippen molar-refractivity contribution in [2.75, 3.05) is 5.32 Å². The smallest absolute Gasteiger partial charge is 0.394 e. The topological polar surface area (TPSA) is 132 Å². The third kappa shape index (κ3) is 1.86. The molecule has 1 amide bonds. The van der Waals surface area contributed by atoms with Crippen molar-refractivity contribution in [3.63, 3.8) is 0 Å². The Kier molecular flexibility index (Phi) is 2.47. The van der Waals surface area contributed by atoms with E-state index < -0.39 is 17.8 Å². The third-order valence-electron chi connectivity index (χ3n) is 1.30. The number of carboxylic acid groups (broad SMARTS) is 2. The molecule has 0 unspecified atom stereocenters. The van der Waals surface area contributed by atoms with Gasteiger partial charge in [0, 0.05) is 0 Å². The Balaban J connectivity index is 2.87. The van der Waals surface area contributed by atoms with E-state index in [2.05, 4.69) is 10.2 Å². The minimum atomic E-state index is -1.71. The van der Waals surface area contributed by atoms with Crippen molar-refractivity contribution in [2.24, 2.45) is 0 Å². The summed E-state index contributed by atoms with van der Waals surface area (Å²) < 4.78 is 0. The van der Waals surface area contributed by atoms with E-state index in [0.29, 0.717) is 0 Å². The molecule has 0 bridgehead atoms. The fourth-order valence-electron chi connectivity index (χ4n) is 0.711. The molecule has 0 aliphatic carbocycles. The summed E-state index contributed by atoms with van der Waals surface area (Å²) in [5.74, 6) is -4.63. The van der Waals surface area contributed by atoms with Crippen molar-refractivity contribution in [1.82, 2.24) is 10.2 Å². The summed E-state index contributed by atoms with van der Waals surface area (Å²) in [7, 11) is 0. The summed E-state index contributed by atoms with van der Waals surface area (Å²) >= 11 is 0. The van der Waals surface area contributed by atoms with Crippen LogP contribution in [-0.2, 0) is 9.59 Å². The lowest BCUT2D eigenvalue weighted by Gasteiger charge is -1.98. The quantitative estimate of drug-likeness (QED) is 0.457. The summed E-state index contributed by atoms with van der Waals surface area (Å²) in [4.78, 5) is 31.2. The number of carbonyl (C=O) groups excluding carboxylic acids is 1. The predicted octanol–water partition coefficient (Wildman–Crippen LogP) is -0.869. The number of carboxylic acids is 2. The molecule has 0 fully saturated rings. The SMILES string of the molecule is O=C(O)C(=O)Nc1[nH]ncc1C(=O)O. The molecule has 8 nitrogen and oxygen atoms in total. The van der Waals surface area contributed by atoms with Crippen LogP contribution in [0, 0.1) is 0 Å². The number of amides is 1. The van der Waals surface area contributed by atoms with E-state index in [1.165, 1.54) is 0 Å². The first kappa shape index (κ1) is 9.71. The molecule has 0 aromatic carbocycles. The number of hydrogen-bond donors (Lipinski definition) is 4. The predicted molar refractivity (Wildman–Crippen MR) is 41.8 cm³/mol. The van der Waals surface area contributed by atoms with Crippen LogP contribution in [0.4, 0.5) is 5.82 Å². The first-order chi connectivity index (χ1) is 6.52. The number of aromatic amines is 1. The van der Waals surface area contributed by atoms with Crippen LogP contribution >= 0.6 is 0 Å². The van der Waals surface area contributed by atoms with Crippen molar-refractivity contribution < 1.29 is 24.6 Å². The van der Waals surface area contributed by atoms with Crippen LogP contribution in [0.3, 0.4) is 0 Å². The molecule has 4 N–H and O–H groups in total. The number of aromatic nitrogens is 2. The van der Waals surface area contributed by atoms with Gasteiger partial charge in [-0.1, -0.05) is 0 Å². The number of anilines is 1. The van der Waals surface area contributed by atoms with E-state index in [1.54, 1.807) is 0 Å². The summed E-state index contributed by atoms with van der Waals surface area (Å²) in [6.07, 6.45) is 0.958. The van der Waals surface area contributed by atoms with E-state index in [0.717, 1.165) is 6.20 Å². The molecule has 0 saturated heterocycles. The van der Waals surface area contributed by atoms with E-state index in [4.69, 9.17) is 10.2 Å². The van der Waals surface area contributed by atoms with Crippen LogP contribution in [0.25, 0.3) is 0 Å². The Morgan fingerprint density at radius 3 is 2.50 bits per heavy atom. The standard InChI is InChI=1S/C6H5N3O5/c10-4(6(13)14)8-3-2(5(11)12)1-7-9-3/h1H,(H,11,12)(H,13,14)(H2,7,8,9,10). The number of hydrogen-bond acceptors (Lipinski definition) is 4. The second kappa shape index (κ2) is 3.56. The Morgan fingerprint density at radius 2 is 2.00 bits per heavy atom. The van der Waals surface area contributed by atoms with Crippen molar-refractivity contribution in [2.45, 2.75) is 0 Å². The molecular formula is C6H5N3O5. The van der Waals surface area contributed by atoms with Gasteiger partial charge in [-0.15, -0.1) is 0 Å². The molecule has 0 radical (unpaired) electrons. The van der Waals surface area contributed by atoms with E-state index in [1.807, 2.05) is 5.32 Å². The van der Waals surface area contributed by atoms with Crippen LogP contribution in [0.5, 0.6) is 0 Å². The van der Waals surface area contributed by atoms with Gasteiger partial charge in [-0.25, -0.2) is 9.59 Å². The van der Waals surface area contributed by atoms with Gasteiger partial charge in [-0.05, 0) is 0 Å². The summed E-state index contributed by atoms with van der Waals surface area (Å²) in [5.41, 5.74) is -0.306. The Bertz CT molecular complexity index is 396. The summed E-state index contributed by atoms with van der Waals surface area (Å²) in [6.45, 7) is 0. The van der Waals surface area contributed by atoms with Crippen LogP contribution < -0.4 is 5.32 Å². The van der Waals surface area contributed by atoms with Gasteiger partial charge in [0.1, 0.15) is 11.4 Å². The van der Waals surface area contributed by atoms with E-state index in [-0.39, 0.29) is 11.4 Å². The normalized spacial score (nSPS) is 9.43. The zero-order valence-corrected chi connectivity index (χ0v) is 6.64. The molecule has 74 valence electrons. The third-order valence-corrected chi connectivity index (χ3v) is 1.30. The highest BCUT2D eigenvalue weighted by atomic mass is 16.4. The number of rotatable bonds is 2. The molecule has 0 saturated carbocycles. The molecule has 1 rings (SSSR count).